The van der Waals surface area contributed by atoms with Crippen LogP contribution in [0.25, 0.3) is 0 Å². The molecule has 6 heteroatoms. The minimum atomic E-state index is -0.131. The molecule has 0 saturated carbocycles. The van der Waals surface area contributed by atoms with E-state index in [0.29, 0.717) is 17.3 Å². The van der Waals surface area contributed by atoms with Crippen LogP contribution >= 0.6 is 11.6 Å². The van der Waals surface area contributed by atoms with Gasteiger partial charge in [-0.2, -0.15) is 0 Å². The molecule has 2 aromatic carbocycles. The number of hydrogen-bond donors (Lipinski definition) is 2. The van der Waals surface area contributed by atoms with E-state index in [1.165, 1.54) is 0 Å². The molecule has 0 bridgehead atoms. The molecule has 0 aliphatic carbocycles. The van der Waals surface area contributed by atoms with Gasteiger partial charge in [0.25, 0.3) is 11.8 Å². The van der Waals surface area contributed by atoms with Gasteiger partial charge in [-0.1, -0.05) is 48.0 Å². The van der Waals surface area contributed by atoms with Crippen LogP contribution in [0.3, 0.4) is 0 Å². The van der Waals surface area contributed by atoms with Crippen LogP contribution in [0.1, 0.15) is 31.0 Å². The number of likely N-dealkylation sites (N-methyl/N-ethyl adjacent to an activating group) is 2. The second-order valence-electron chi connectivity index (χ2n) is 7.06. The first-order valence-electron chi connectivity index (χ1n) is 9.52. The van der Waals surface area contributed by atoms with Gasteiger partial charge in [0.2, 0.25) is 0 Å². The fraction of sp³-hybridized carbons (Fsp3) is 0.364. The van der Waals surface area contributed by atoms with E-state index in [1.807, 2.05) is 64.2 Å². The topological polar surface area (TPSA) is 53.9 Å². The molecule has 0 aliphatic heterocycles. The first-order chi connectivity index (χ1) is 13.3. The highest BCUT2D eigenvalue weighted by atomic mass is 35.5. The second kappa shape index (κ2) is 10.2. The van der Waals surface area contributed by atoms with Gasteiger partial charge >= 0.3 is 0 Å². The van der Waals surface area contributed by atoms with Crippen molar-refractivity contribution < 1.29 is 14.5 Å². The van der Waals surface area contributed by atoms with Gasteiger partial charge in [-0.15, -0.1) is 0 Å². The molecule has 0 spiro atoms. The van der Waals surface area contributed by atoms with Gasteiger partial charge in [0.1, 0.15) is 0 Å². The number of carbonyl (C=O) groups is 2. The molecule has 150 valence electrons. The summed E-state index contributed by atoms with van der Waals surface area (Å²) < 4.78 is 0. The summed E-state index contributed by atoms with van der Waals surface area (Å²) >= 11 is 6.01. The number of amides is 2. The van der Waals surface area contributed by atoms with Crippen molar-refractivity contribution in [2.24, 2.45) is 0 Å². The fourth-order valence-electron chi connectivity index (χ4n) is 2.97. The maximum absolute atomic E-state index is 12.7. The van der Waals surface area contributed by atoms with E-state index in [0.717, 1.165) is 16.0 Å². The third-order valence-corrected chi connectivity index (χ3v) is 5.28. The largest absolute Gasteiger partial charge is 0.334 e. The number of hydrogen-bond acceptors (Lipinski definition) is 2. The predicted molar refractivity (Wildman–Crippen MR) is 114 cm³/mol. The van der Waals surface area contributed by atoms with Crippen molar-refractivity contribution in [3.05, 3.63) is 64.7 Å². The van der Waals surface area contributed by atoms with Gasteiger partial charge < -0.3 is 15.1 Å². The van der Waals surface area contributed by atoms with Gasteiger partial charge in [0.05, 0.1) is 12.6 Å². The number of nitrogens with zero attached hydrogens (tertiary/aromatic N) is 1. The summed E-state index contributed by atoms with van der Waals surface area (Å²) in [6.45, 7) is 7.07. The fourth-order valence-corrected chi connectivity index (χ4v) is 3.14. The van der Waals surface area contributed by atoms with Crippen LogP contribution in [0.4, 0.5) is 5.69 Å². The average molecular weight is 403 g/mol. The molecule has 28 heavy (non-hydrogen) atoms. The Hall–Kier alpha value is -2.37. The molecule has 2 rings (SSSR count). The van der Waals surface area contributed by atoms with Crippen molar-refractivity contribution in [2.75, 3.05) is 32.0 Å². The van der Waals surface area contributed by atoms with Crippen LogP contribution in [0.2, 0.25) is 5.02 Å². The summed E-state index contributed by atoms with van der Waals surface area (Å²) in [6.07, 6.45) is 0. The van der Waals surface area contributed by atoms with E-state index in [4.69, 9.17) is 11.6 Å². The van der Waals surface area contributed by atoms with Crippen LogP contribution in [0.15, 0.2) is 48.5 Å². The average Bonchev–Trinajstić information content (AvgIpc) is 2.69. The van der Waals surface area contributed by atoms with Crippen molar-refractivity contribution in [3.8, 4) is 0 Å². The van der Waals surface area contributed by atoms with Gasteiger partial charge in [0, 0.05) is 17.8 Å². The number of rotatable bonds is 8. The lowest BCUT2D eigenvalue weighted by atomic mass is 10.1. The molecule has 2 N–H and O–H groups in total. The Labute approximate surface area is 172 Å². The van der Waals surface area contributed by atoms with E-state index in [1.54, 1.807) is 17.0 Å². The SMILES string of the molecule is CC[NH+](CC(=O)Nc1cc(Cl)ccc1C)CC(=O)N(C)[C@@H](C)c1ccccc1. The summed E-state index contributed by atoms with van der Waals surface area (Å²) in [5, 5.41) is 3.47. The van der Waals surface area contributed by atoms with Crippen LogP contribution in [-0.4, -0.2) is 43.4 Å². The van der Waals surface area contributed by atoms with Gasteiger partial charge in [-0.25, -0.2) is 0 Å². The Morgan fingerprint density at radius 3 is 2.46 bits per heavy atom. The number of halogens is 1. The zero-order valence-electron chi connectivity index (χ0n) is 17.0. The Morgan fingerprint density at radius 1 is 1.14 bits per heavy atom. The van der Waals surface area contributed by atoms with E-state index in [-0.39, 0.29) is 30.9 Å². The minimum absolute atomic E-state index is 0.0138. The van der Waals surface area contributed by atoms with Crippen LogP contribution in [-0.2, 0) is 9.59 Å². The van der Waals surface area contributed by atoms with E-state index < -0.39 is 0 Å². The molecule has 5 nitrogen and oxygen atoms in total. The predicted octanol–water partition coefficient (Wildman–Crippen LogP) is 2.71. The number of benzene rings is 2. The maximum atomic E-state index is 12.7. The molecule has 0 heterocycles. The van der Waals surface area contributed by atoms with E-state index in [9.17, 15) is 9.59 Å². The summed E-state index contributed by atoms with van der Waals surface area (Å²) in [7, 11) is 1.81. The third kappa shape index (κ3) is 6.08. The van der Waals surface area contributed by atoms with Crippen molar-refractivity contribution >= 4 is 29.1 Å². The second-order valence-corrected chi connectivity index (χ2v) is 7.49. The monoisotopic (exact) mass is 402 g/mol. The lowest BCUT2D eigenvalue weighted by Crippen LogP contribution is -3.13. The Bertz CT molecular complexity index is 811. The zero-order valence-corrected chi connectivity index (χ0v) is 17.7. The number of aryl methyl sites for hydroxylation is 1. The highest BCUT2D eigenvalue weighted by Gasteiger charge is 2.23. The highest BCUT2D eigenvalue weighted by molar-refractivity contribution is 6.31. The normalized spacial score (nSPS) is 12.9. The molecule has 2 amide bonds. The molecule has 0 fully saturated rings. The number of quaternary nitrogens is 1. The van der Waals surface area contributed by atoms with E-state index >= 15 is 0 Å². The van der Waals surface area contributed by atoms with Crippen molar-refractivity contribution in [1.29, 1.82) is 0 Å². The first-order valence-corrected chi connectivity index (χ1v) is 9.89. The minimum Gasteiger partial charge on any atom is -0.334 e. The molecule has 1 unspecified atom stereocenters. The molecule has 0 radical (unpaired) electrons. The van der Waals surface area contributed by atoms with Crippen molar-refractivity contribution in [2.45, 2.75) is 26.8 Å². The quantitative estimate of drug-likeness (QED) is 0.713. The summed E-state index contributed by atoms with van der Waals surface area (Å²) in [5.41, 5.74) is 2.74. The highest BCUT2D eigenvalue weighted by Crippen LogP contribution is 2.20. The summed E-state index contributed by atoms with van der Waals surface area (Å²) in [4.78, 5) is 27.8. The van der Waals surface area contributed by atoms with Crippen LogP contribution < -0.4 is 10.2 Å². The molecule has 2 aromatic rings. The van der Waals surface area contributed by atoms with Crippen molar-refractivity contribution in [1.82, 2.24) is 4.90 Å². The molecule has 0 saturated heterocycles. The van der Waals surface area contributed by atoms with Gasteiger partial charge in [-0.3, -0.25) is 9.59 Å². The lowest BCUT2D eigenvalue weighted by Gasteiger charge is -2.27. The number of nitrogens with one attached hydrogen (secondary N) is 2. The van der Waals surface area contributed by atoms with Gasteiger partial charge in [-0.05, 0) is 44.0 Å². The zero-order chi connectivity index (χ0) is 20.7. The molecular weight excluding hydrogens is 374 g/mol. The maximum Gasteiger partial charge on any atom is 0.279 e. The molecule has 0 aliphatic rings. The molecule has 2 atom stereocenters. The van der Waals surface area contributed by atoms with Gasteiger partial charge in [0.15, 0.2) is 13.1 Å². The number of anilines is 1. The summed E-state index contributed by atoms with van der Waals surface area (Å²) in [6, 6.07) is 15.3. The van der Waals surface area contributed by atoms with Crippen LogP contribution in [0, 0.1) is 6.92 Å². The summed E-state index contributed by atoms with van der Waals surface area (Å²) in [5.74, 6) is -0.117. The lowest BCUT2D eigenvalue weighted by molar-refractivity contribution is -0.882. The standard InChI is InChI=1S/C22H28ClN3O2/c1-5-26(14-21(27)24-20-13-19(23)12-11-16(20)2)15-22(28)25(4)17(3)18-9-7-6-8-10-18/h6-13,17H,5,14-15H2,1-4H3,(H,24,27)/p+1/t17-/m0/s1. The van der Waals surface area contributed by atoms with Crippen molar-refractivity contribution in [3.63, 3.8) is 0 Å². The Balaban J connectivity index is 1.94. The number of carbonyl (C=O) groups excluding carboxylic acids is 2. The third-order valence-electron chi connectivity index (χ3n) is 5.04. The molecular formula is C22H29ClN3O2+. The Morgan fingerprint density at radius 2 is 1.82 bits per heavy atom. The smallest absolute Gasteiger partial charge is 0.279 e. The first kappa shape index (κ1) is 21.9. The van der Waals surface area contributed by atoms with E-state index in [2.05, 4.69) is 5.32 Å². The molecule has 0 aromatic heterocycles. The van der Waals surface area contributed by atoms with Crippen LogP contribution in [0.5, 0.6) is 0 Å². The Kier molecular flexibility index (Phi) is 8.03.